The zero-order valence-electron chi connectivity index (χ0n) is 9.83. The molecule has 0 atom stereocenters. The number of hydrogen-bond donors (Lipinski definition) is 2. The van der Waals surface area contributed by atoms with Crippen molar-refractivity contribution in [1.29, 1.82) is 0 Å². The van der Waals surface area contributed by atoms with Gasteiger partial charge < -0.3 is 10.1 Å². The van der Waals surface area contributed by atoms with Gasteiger partial charge in [0.2, 0.25) is 0 Å². The van der Waals surface area contributed by atoms with Crippen LogP contribution in [0.4, 0.5) is 0 Å². The summed E-state index contributed by atoms with van der Waals surface area (Å²) in [6.07, 6.45) is 3.47. The lowest BCUT2D eigenvalue weighted by Gasteiger charge is -2.03. The number of hydrogen-bond acceptors (Lipinski definition) is 3. The van der Waals surface area contributed by atoms with Crippen molar-refractivity contribution in [3.63, 3.8) is 0 Å². The largest absolute Gasteiger partial charge is 0.478 e. The number of para-hydroxylation sites is 1. The van der Waals surface area contributed by atoms with Crippen molar-refractivity contribution in [3.05, 3.63) is 54.4 Å². The molecule has 0 aliphatic rings. The summed E-state index contributed by atoms with van der Waals surface area (Å²) in [4.78, 5) is 19.4. The first kappa shape index (κ1) is 11.8. The summed E-state index contributed by atoms with van der Waals surface area (Å²) < 4.78 is 0. The molecule has 0 saturated heterocycles. The lowest BCUT2D eigenvalue weighted by atomic mass is 10.2. The average Bonchev–Trinajstić information content (AvgIpc) is 2.83. The number of nitrogens with one attached hydrogen (secondary N) is 1. The van der Waals surface area contributed by atoms with Gasteiger partial charge in [-0.25, -0.2) is 9.78 Å². The molecule has 1 aromatic carbocycles. The number of fused-ring (bicyclic) bond motifs is 1. The highest BCUT2D eigenvalue weighted by Crippen LogP contribution is 2.33. The molecule has 0 aliphatic heterocycles. The van der Waals surface area contributed by atoms with E-state index in [-0.39, 0.29) is 5.56 Å². The van der Waals surface area contributed by atoms with E-state index in [1.807, 2.05) is 30.5 Å². The molecule has 19 heavy (non-hydrogen) atoms. The van der Waals surface area contributed by atoms with Gasteiger partial charge >= 0.3 is 5.97 Å². The summed E-state index contributed by atoms with van der Waals surface area (Å²) in [5.74, 6) is -0.963. The Morgan fingerprint density at radius 3 is 2.89 bits per heavy atom. The summed E-state index contributed by atoms with van der Waals surface area (Å²) in [7, 11) is 0. The number of aromatic amines is 1. The molecule has 3 rings (SSSR count). The molecular weight excluding hydrogens is 260 g/mol. The second-order valence-corrected chi connectivity index (χ2v) is 4.99. The van der Waals surface area contributed by atoms with E-state index < -0.39 is 5.97 Å². The summed E-state index contributed by atoms with van der Waals surface area (Å²) in [6.45, 7) is 0. The summed E-state index contributed by atoms with van der Waals surface area (Å²) in [5.41, 5.74) is 1.25. The minimum Gasteiger partial charge on any atom is -0.478 e. The molecule has 0 saturated carbocycles. The number of carboxylic acid groups (broad SMARTS) is 1. The Bertz CT molecular complexity index is 752. The van der Waals surface area contributed by atoms with E-state index in [0.29, 0.717) is 5.03 Å². The van der Waals surface area contributed by atoms with Gasteiger partial charge in [0.25, 0.3) is 0 Å². The molecule has 94 valence electrons. The average molecular weight is 270 g/mol. The number of nitrogens with zero attached hydrogens (tertiary/aromatic N) is 1. The van der Waals surface area contributed by atoms with E-state index in [1.165, 1.54) is 11.8 Å². The summed E-state index contributed by atoms with van der Waals surface area (Å²) >= 11 is 1.36. The van der Waals surface area contributed by atoms with Crippen LogP contribution in [-0.2, 0) is 0 Å². The molecule has 0 bridgehead atoms. The van der Waals surface area contributed by atoms with Crippen LogP contribution < -0.4 is 0 Å². The molecule has 2 heterocycles. The van der Waals surface area contributed by atoms with Crippen LogP contribution in [0.15, 0.2) is 58.7 Å². The van der Waals surface area contributed by atoms with Crippen LogP contribution in [0, 0.1) is 0 Å². The number of aromatic carboxylic acids is 1. The Morgan fingerprint density at radius 2 is 2.05 bits per heavy atom. The van der Waals surface area contributed by atoms with Gasteiger partial charge in [-0.2, -0.15) is 0 Å². The predicted octanol–water partition coefficient (Wildman–Crippen LogP) is 3.41. The molecular formula is C14H10N2O2S. The van der Waals surface area contributed by atoms with E-state index in [2.05, 4.69) is 9.97 Å². The highest BCUT2D eigenvalue weighted by molar-refractivity contribution is 7.99. The SMILES string of the molecule is O=C(O)c1cccnc1Sc1c[nH]c2ccccc12. The van der Waals surface area contributed by atoms with E-state index in [1.54, 1.807) is 18.3 Å². The van der Waals surface area contributed by atoms with Crippen LogP contribution in [0.2, 0.25) is 0 Å². The van der Waals surface area contributed by atoms with Gasteiger partial charge in [-0.1, -0.05) is 30.0 Å². The zero-order valence-corrected chi connectivity index (χ0v) is 10.6. The van der Waals surface area contributed by atoms with Crippen LogP contribution in [0.3, 0.4) is 0 Å². The molecule has 0 fully saturated rings. The fraction of sp³-hybridized carbons (Fsp3) is 0. The maximum Gasteiger partial charge on any atom is 0.338 e. The van der Waals surface area contributed by atoms with E-state index >= 15 is 0 Å². The Morgan fingerprint density at radius 1 is 1.21 bits per heavy atom. The Kier molecular flexibility index (Phi) is 2.97. The second-order valence-electron chi connectivity index (χ2n) is 3.96. The molecule has 0 amide bonds. The van der Waals surface area contributed by atoms with E-state index in [9.17, 15) is 4.79 Å². The quantitative estimate of drug-likeness (QED) is 0.765. The highest BCUT2D eigenvalue weighted by Gasteiger charge is 2.13. The number of carboxylic acids is 1. The van der Waals surface area contributed by atoms with Crippen LogP contribution in [0.1, 0.15) is 10.4 Å². The molecule has 5 heteroatoms. The molecule has 0 aliphatic carbocycles. The molecule has 3 aromatic rings. The molecule has 0 spiro atoms. The number of rotatable bonds is 3. The van der Waals surface area contributed by atoms with Crippen LogP contribution >= 0.6 is 11.8 Å². The Balaban J connectivity index is 2.04. The van der Waals surface area contributed by atoms with Crippen molar-refractivity contribution < 1.29 is 9.90 Å². The first-order chi connectivity index (χ1) is 9.25. The van der Waals surface area contributed by atoms with Gasteiger partial charge in [-0.15, -0.1) is 0 Å². The van der Waals surface area contributed by atoms with Crippen LogP contribution in [-0.4, -0.2) is 21.0 Å². The van der Waals surface area contributed by atoms with Gasteiger partial charge in [0.15, 0.2) is 0 Å². The van der Waals surface area contributed by atoms with Crippen molar-refractivity contribution in [1.82, 2.24) is 9.97 Å². The fourth-order valence-corrected chi connectivity index (χ4v) is 2.86. The third-order valence-corrected chi connectivity index (χ3v) is 3.84. The number of aromatic nitrogens is 2. The van der Waals surface area contributed by atoms with Crippen LogP contribution in [0.25, 0.3) is 10.9 Å². The maximum absolute atomic E-state index is 11.2. The number of carbonyl (C=O) groups is 1. The van der Waals surface area contributed by atoms with Gasteiger partial charge in [0.05, 0.1) is 5.56 Å². The van der Waals surface area contributed by atoms with Crippen LogP contribution in [0.5, 0.6) is 0 Å². The van der Waals surface area contributed by atoms with Gasteiger partial charge in [0.1, 0.15) is 5.03 Å². The normalized spacial score (nSPS) is 10.7. The lowest BCUT2D eigenvalue weighted by molar-refractivity contribution is 0.0692. The van der Waals surface area contributed by atoms with E-state index in [0.717, 1.165) is 15.8 Å². The molecule has 2 N–H and O–H groups in total. The highest BCUT2D eigenvalue weighted by atomic mass is 32.2. The first-order valence-corrected chi connectivity index (χ1v) is 6.49. The van der Waals surface area contributed by atoms with Crippen molar-refractivity contribution in [3.8, 4) is 0 Å². The van der Waals surface area contributed by atoms with Gasteiger partial charge in [0, 0.05) is 28.2 Å². The number of pyridine rings is 1. The van der Waals surface area contributed by atoms with E-state index in [4.69, 9.17) is 5.11 Å². The monoisotopic (exact) mass is 270 g/mol. The lowest BCUT2D eigenvalue weighted by Crippen LogP contribution is -1.99. The summed E-state index contributed by atoms with van der Waals surface area (Å²) in [6, 6.07) is 11.1. The Labute approximate surface area is 113 Å². The third kappa shape index (κ3) is 2.20. The zero-order chi connectivity index (χ0) is 13.2. The van der Waals surface area contributed by atoms with Gasteiger partial charge in [-0.3, -0.25) is 0 Å². The van der Waals surface area contributed by atoms with Crippen molar-refractivity contribution in [2.75, 3.05) is 0 Å². The fourth-order valence-electron chi connectivity index (χ4n) is 1.87. The predicted molar refractivity (Wildman–Crippen MR) is 73.6 cm³/mol. The van der Waals surface area contributed by atoms with Crippen molar-refractivity contribution >= 4 is 28.6 Å². The third-order valence-electron chi connectivity index (χ3n) is 2.76. The minimum atomic E-state index is -0.963. The molecule has 4 nitrogen and oxygen atoms in total. The number of H-pyrrole nitrogens is 1. The molecule has 2 aromatic heterocycles. The second kappa shape index (κ2) is 4.78. The van der Waals surface area contributed by atoms with Crippen molar-refractivity contribution in [2.45, 2.75) is 9.92 Å². The topological polar surface area (TPSA) is 66.0 Å². The van der Waals surface area contributed by atoms with Gasteiger partial charge in [-0.05, 0) is 18.2 Å². The summed E-state index contributed by atoms with van der Waals surface area (Å²) in [5, 5.41) is 10.7. The van der Waals surface area contributed by atoms with Crippen molar-refractivity contribution in [2.24, 2.45) is 0 Å². The maximum atomic E-state index is 11.2. The first-order valence-electron chi connectivity index (χ1n) is 5.68. The Hall–Kier alpha value is -2.27. The minimum absolute atomic E-state index is 0.220. The smallest absolute Gasteiger partial charge is 0.338 e. The molecule has 0 unspecified atom stereocenters. The molecule has 0 radical (unpaired) electrons. The number of benzene rings is 1. The standard InChI is InChI=1S/C14H10N2O2S/c17-14(18)10-5-3-7-15-13(10)19-12-8-16-11-6-2-1-4-9(11)12/h1-8,16H,(H,17,18).